The monoisotopic (exact) mass is 410 g/mol. The minimum Gasteiger partial charge on any atom is -0.482 e. The zero-order valence-corrected chi connectivity index (χ0v) is 15.5. The van der Waals surface area contributed by atoms with E-state index in [2.05, 4.69) is 15.9 Å². The second-order valence-corrected chi connectivity index (χ2v) is 8.50. The van der Waals surface area contributed by atoms with E-state index in [1.54, 1.807) is 12.1 Å². The second kappa shape index (κ2) is 8.13. The van der Waals surface area contributed by atoms with Gasteiger partial charge in [-0.15, -0.1) is 23.5 Å². The van der Waals surface area contributed by atoms with Crippen molar-refractivity contribution >= 4 is 45.4 Å². The summed E-state index contributed by atoms with van der Waals surface area (Å²) in [4.78, 5) is 11.8. The van der Waals surface area contributed by atoms with Gasteiger partial charge < -0.3 is 9.47 Å². The van der Waals surface area contributed by atoms with Crippen molar-refractivity contribution < 1.29 is 14.3 Å². The average molecular weight is 411 g/mol. The molecule has 3 rings (SSSR count). The Bertz CT molecular complexity index is 670. The van der Waals surface area contributed by atoms with Crippen LogP contribution in [0.2, 0.25) is 0 Å². The summed E-state index contributed by atoms with van der Waals surface area (Å²) in [5.41, 5.74) is 1.27. The van der Waals surface area contributed by atoms with Crippen LogP contribution in [0.4, 0.5) is 0 Å². The Kier molecular flexibility index (Phi) is 5.91. The van der Waals surface area contributed by atoms with E-state index in [1.165, 1.54) is 17.1 Å². The molecule has 0 unspecified atom stereocenters. The highest BCUT2D eigenvalue weighted by atomic mass is 79.9. The van der Waals surface area contributed by atoms with Crippen molar-refractivity contribution in [2.45, 2.75) is 4.58 Å². The van der Waals surface area contributed by atoms with Gasteiger partial charge in [-0.2, -0.15) is 0 Å². The average Bonchev–Trinajstić information content (AvgIpc) is 3.08. The van der Waals surface area contributed by atoms with Crippen molar-refractivity contribution in [1.29, 1.82) is 0 Å². The van der Waals surface area contributed by atoms with Crippen LogP contribution in [0.1, 0.15) is 10.1 Å². The van der Waals surface area contributed by atoms with Gasteiger partial charge in [0.25, 0.3) is 0 Å². The van der Waals surface area contributed by atoms with E-state index in [9.17, 15) is 4.79 Å². The summed E-state index contributed by atoms with van der Waals surface area (Å²) in [7, 11) is 0. The molecule has 0 radical (unpaired) electrons. The highest BCUT2D eigenvalue weighted by Crippen LogP contribution is 2.45. The van der Waals surface area contributed by atoms with Crippen LogP contribution in [0.3, 0.4) is 0 Å². The lowest BCUT2D eigenvalue weighted by atomic mass is 10.2. The zero-order valence-electron chi connectivity index (χ0n) is 12.2. The van der Waals surface area contributed by atoms with Crippen LogP contribution >= 0.6 is 39.5 Å². The van der Waals surface area contributed by atoms with Crippen molar-refractivity contribution in [1.82, 2.24) is 0 Å². The first-order valence-corrected chi connectivity index (χ1v) is 10.0. The summed E-state index contributed by atoms with van der Waals surface area (Å²) in [6, 6.07) is 15.1. The number of benzene rings is 2. The van der Waals surface area contributed by atoms with E-state index < -0.39 is 5.97 Å². The molecule has 2 aromatic rings. The number of hydrogen-bond donors (Lipinski definition) is 0. The van der Waals surface area contributed by atoms with Crippen molar-refractivity contribution in [2.24, 2.45) is 0 Å². The van der Waals surface area contributed by atoms with Gasteiger partial charge in [0.2, 0.25) is 0 Å². The van der Waals surface area contributed by atoms with Gasteiger partial charge in [0.1, 0.15) is 11.5 Å². The molecule has 23 heavy (non-hydrogen) atoms. The van der Waals surface area contributed by atoms with Crippen molar-refractivity contribution in [3.05, 3.63) is 58.6 Å². The van der Waals surface area contributed by atoms with Crippen LogP contribution in [-0.2, 0) is 4.79 Å². The molecule has 1 aliphatic rings. The molecule has 0 amide bonds. The lowest BCUT2D eigenvalue weighted by Crippen LogP contribution is -2.17. The van der Waals surface area contributed by atoms with Gasteiger partial charge in [-0.05, 0) is 35.9 Å². The third-order valence-corrected chi connectivity index (χ3v) is 6.76. The second-order valence-electron chi connectivity index (χ2n) is 4.86. The Morgan fingerprint density at radius 3 is 2.52 bits per heavy atom. The predicted molar refractivity (Wildman–Crippen MR) is 99.4 cm³/mol. The highest BCUT2D eigenvalue weighted by molar-refractivity contribution is 9.10. The molecule has 6 heteroatoms. The molecule has 0 atom stereocenters. The van der Waals surface area contributed by atoms with E-state index in [4.69, 9.17) is 9.47 Å². The number of carbonyl (C=O) groups is 1. The van der Waals surface area contributed by atoms with Crippen molar-refractivity contribution in [3.63, 3.8) is 0 Å². The maximum Gasteiger partial charge on any atom is 0.349 e. The molecule has 1 aliphatic heterocycles. The molecular formula is C17H15BrO3S2. The molecule has 1 heterocycles. The van der Waals surface area contributed by atoms with Gasteiger partial charge in [0, 0.05) is 16.0 Å². The van der Waals surface area contributed by atoms with Gasteiger partial charge in [-0.3, -0.25) is 0 Å². The number of esters is 1. The summed E-state index contributed by atoms with van der Waals surface area (Å²) >= 11 is 7.26. The summed E-state index contributed by atoms with van der Waals surface area (Å²) < 4.78 is 12.1. The van der Waals surface area contributed by atoms with Crippen molar-refractivity contribution in [2.75, 3.05) is 18.1 Å². The topological polar surface area (TPSA) is 35.5 Å². The highest BCUT2D eigenvalue weighted by Gasteiger charge is 2.18. The lowest BCUT2D eigenvalue weighted by molar-refractivity contribution is -0.136. The van der Waals surface area contributed by atoms with Gasteiger partial charge in [-0.25, -0.2) is 4.79 Å². The minimum atomic E-state index is -0.414. The van der Waals surface area contributed by atoms with Gasteiger partial charge in [0.15, 0.2) is 6.61 Å². The fraction of sp³-hybridized carbons (Fsp3) is 0.235. The predicted octanol–water partition coefficient (Wildman–Crippen LogP) is 4.91. The van der Waals surface area contributed by atoms with Crippen LogP contribution in [-0.4, -0.2) is 24.1 Å². The first-order valence-electron chi connectivity index (χ1n) is 7.13. The van der Waals surface area contributed by atoms with Crippen LogP contribution in [0.25, 0.3) is 0 Å². The van der Waals surface area contributed by atoms with Gasteiger partial charge in [0.05, 0.1) is 4.58 Å². The van der Waals surface area contributed by atoms with E-state index in [1.807, 2.05) is 59.9 Å². The number of halogens is 1. The van der Waals surface area contributed by atoms with Crippen LogP contribution in [0, 0.1) is 0 Å². The van der Waals surface area contributed by atoms with E-state index >= 15 is 0 Å². The van der Waals surface area contributed by atoms with Crippen LogP contribution < -0.4 is 9.47 Å². The van der Waals surface area contributed by atoms with E-state index in [0.29, 0.717) is 16.1 Å². The lowest BCUT2D eigenvalue weighted by Gasteiger charge is -2.10. The third-order valence-electron chi connectivity index (χ3n) is 3.16. The standard InChI is InChI=1S/C17H15BrO3S2/c18-13-2-1-3-15(10-13)20-11-16(19)21-14-6-4-12(5-7-14)17-22-8-9-23-17/h1-7,10,17H,8-9,11H2. The molecule has 0 saturated carbocycles. The summed E-state index contributed by atoms with van der Waals surface area (Å²) in [6.45, 7) is -0.119. The first-order chi connectivity index (χ1) is 11.2. The molecule has 1 fully saturated rings. The van der Waals surface area contributed by atoms with Gasteiger partial charge >= 0.3 is 5.97 Å². The SMILES string of the molecule is O=C(COc1cccc(Br)c1)Oc1ccc(C2SCCS2)cc1. The Balaban J connectivity index is 1.51. The fourth-order valence-corrected chi connectivity index (χ4v) is 5.34. The Hall–Kier alpha value is -1.11. The zero-order chi connectivity index (χ0) is 16.1. The number of hydrogen-bond acceptors (Lipinski definition) is 5. The summed E-state index contributed by atoms with van der Waals surface area (Å²) in [6.07, 6.45) is 0. The van der Waals surface area contributed by atoms with E-state index in [0.717, 1.165) is 4.47 Å². The van der Waals surface area contributed by atoms with Gasteiger partial charge in [-0.1, -0.05) is 34.1 Å². The normalized spacial score (nSPS) is 14.7. The molecule has 1 saturated heterocycles. The largest absolute Gasteiger partial charge is 0.482 e. The van der Waals surface area contributed by atoms with Crippen molar-refractivity contribution in [3.8, 4) is 11.5 Å². The molecule has 0 spiro atoms. The maximum absolute atomic E-state index is 11.8. The van der Waals surface area contributed by atoms with Crippen LogP contribution in [0.5, 0.6) is 11.5 Å². The summed E-state index contributed by atoms with van der Waals surface area (Å²) in [5, 5.41) is 0. The molecule has 120 valence electrons. The molecular weight excluding hydrogens is 396 g/mol. The Labute approximate surface area is 152 Å². The third kappa shape index (κ3) is 4.93. The fourth-order valence-electron chi connectivity index (χ4n) is 2.10. The molecule has 0 aromatic heterocycles. The number of rotatable bonds is 5. The molecule has 0 aliphatic carbocycles. The molecule has 2 aromatic carbocycles. The number of thioether (sulfide) groups is 2. The quantitative estimate of drug-likeness (QED) is 0.516. The first kappa shape index (κ1) is 16.7. The summed E-state index contributed by atoms with van der Waals surface area (Å²) in [5.74, 6) is 3.15. The molecule has 0 bridgehead atoms. The smallest absolute Gasteiger partial charge is 0.349 e. The maximum atomic E-state index is 11.8. The number of ether oxygens (including phenoxy) is 2. The Morgan fingerprint density at radius 2 is 1.83 bits per heavy atom. The Morgan fingerprint density at radius 1 is 1.09 bits per heavy atom. The molecule has 0 N–H and O–H groups in total. The van der Waals surface area contributed by atoms with E-state index in [-0.39, 0.29) is 6.61 Å². The van der Waals surface area contributed by atoms with Crippen LogP contribution in [0.15, 0.2) is 53.0 Å². The number of carbonyl (C=O) groups excluding carboxylic acids is 1. The minimum absolute atomic E-state index is 0.119. The molecule has 3 nitrogen and oxygen atoms in total.